The van der Waals surface area contributed by atoms with Crippen LogP contribution >= 0.6 is 45.9 Å². The van der Waals surface area contributed by atoms with Gasteiger partial charge in [-0.05, 0) is 24.3 Å². The molecule has 0 aliphatic carbocycles. The molecule has 4 N–H and O–H groups in total. The Balaban J connectivity index is 1.18. The van der Waals surface area contributed by atoms with E-state index in [0.717, 1.165) is 33.8 Å². The quantitative estimate of drug-likeness (QED) is 0.156. The number of hydrogen-bond donors (Lipinski definition) is 4. The second-order valence-electron chi connectivity index (χ2n) is 9.35. The second kappa shape index (κ2) is 15.1. The lowest BCUT2D eigenvalue weighted by Gasteiger charge is -2.09. The molecule has 46 heavy (non-hydrogen) atoms. The van der Waals surface area contributed by atoms with Crippen molar-refractivity contribution < 1.29 is 36.0 Å². The second-order valence-corrected chi connectivity index (χ2v) is 16.1. The Kier molecular flexibility index (Phi) is 11.5. The molecule has 4 aromatic rings. The van der Waals surface area contributed by atoms with E-state index in [0.29, 0.717) is 21.4 Å². The number of nitrogens with one attached hydrogen (secondary N) is 4. The maximum absolute atomic E-state index is 12.3. The molecule has 20 heteroatoms. The zero-order valence-electron chi connectivity index (χ0n) is 23.2. The minimum atomic E-state index is -4.29. The molecular weight excluding hydrogens is 723 g/mol. The van der Waals surface area contributed by atoms with Crippen LogP contribution in [0.1, 0.15) is 0 Å². The van der Waals surface area contributed by atoms with E-state index in [2.05, 4.69) is 20.6 Å². The van der Waals surface area contributed by atoms with Gasteiger partial charge in [-0.25, -0.2) is 26.8 Å². The Morgan fingerprint density at radius 3 is 1.24 bits per heavy atom. The van der Waals surface area contributed by atoms with E-state index in [-0.39, 0.29) is 10.3 Å². The number of benzene rings is 2. The lowest BCUT2D eigenvalue weighted by atomic mass is 10.2. The molecule has 0 unspecified atom stereocenters. The number of rotatable bonds is 12. The Labute approximate surface area is 280 Å². The first-order valence-electron chi connectivity index (χ1n) is 12.7. The van der Waals surface area contributed by atoms with Gasteiger partial charge in [0.05, 0.1) is 11.4 Å². The summed E-state index contributed by atoms with van der Waals surface area (Å²) in [5, 5.41) is 9.31. The Morgan fingerprint density at radius 1 is 0.565 bits per heavy atom. The molecule has 4 amide bonds. The molecule has 0 aliphatic rings. The predicted octanol–water partition coefficient (Wildman–Crippen LogP) is 2.79. The molecule has 0 fully saturated rings. The summed E-state index contributed by atoms with van der Waals surface area (Å²) >= 11 is 13.8. The molecule has 0 saturated carbocycles. The van der Waals surface area contributed by atoms with Crippen molar-refractivity contribution in [2.45, 2.75) is 0 Å². The topological polar surface area (TPSA) is 210 Å². The highest BCUT2D eigenvalue weighted by atomic mass is 35.5. The number of hydrazine groups is 1. The minimum Gasteiger partial charge on any atom is -0.301 e. The van der Waals surface area contributed by atoms with E-state index in [1.54, 1.807) is 70.1 Å². The average molecular weight is 746 g/mol. The van der Waals surface area contributed by atoms with Crippen molar-refractivity contribution in [3.8, 4) is 22.5 Å². The van der Waals surface area contributed by atoms with Crippen LogP contribution in [0.25, 0.3) is 22.5 Å². The number of amides is 4. The average Bonchev–Trinajstić information content (AvgIpc) is 3.61. The van der Waals surface area contributed by atoms with Crippen LogP contribution in [-0.4, -0.2) is 73.4 Å². The fraction of sp³-hybridized carbons (Fsp3) is 0.154. The van der Waals surface area contributed by atoms with Crippen LogP contribution in [0, 0.1) is 0 Å². The fourth-order valence-electron chi connectivity index (χ4n) is 3.59. The normalized spacial score (nSPS) is 11.4. The zero-order valence-corrected chi connectivity index (χ0v) is 27.9. The highest BCUT2D eigenvalue weighted by Crippen LogP contribution is 2.27. The Hall–Kier alpha value is -3.94. The highest BCUT2D eigenvalue weighted by Gasteiger charge is 2.24. The smallest absolute Gasteiger partial charge is 0.253 e. The molecule has 0 saturated heterocycles. The molecular formula is C26H22Cl2N6O8S4. The summed E-state index contributed by atoms with van der Waals surface area (Å²) in [5.74, 6) is -8.84. The van der Waals surface area contributed by atoms with Crippen molar-refractivity contribution in [1.29, 1.82) is 0 Å². The van der Waals surface area contributed by atoms with E-state index >= 15 is 0 Å². The predicted molar refractivity (Wildman–Crippen MR) is 176 cm³/mol. The van der Waals surface area contributed by atoms with E-state index < -0.39 is 66.3 Å². The third kappa shape index (κ3) is 10.8. The largest absolute Gasteiger partial charge is 0.301 e. The number of sulfone groups is 2. The first-order chi connectivity index (χ1) is 21.7. The van der Waals surface area contributed by atoms with Crippen molar-refractivity contribution in [2.75, 3.05) is 33.6 Å². The number of thiazole rings is 2. The summed E-state index contributed by atoms with van der Waals surface area (Å²) in [7, 11) is -8.58. The lowest BCUT2D eigenvalue weighted by Crippen LogP contribution is -2.47. The third-order valence-corrected chi connectivity index (χ3v) is 10.4. The van der Waals surface area contributed by atoms with E-state index in [1.807, 2.05) is 0 Å². The standard InChI is InChI=1S/C26H22Cl2N6O8S4/c27-17-5-1-15(2-6-17)19-9-43-25(29-19)31-21(35)11-45(39,40)13-23(37)33-34-24(38)14-46(41,42)12-22(36)32-26-30-20(10-44-26)16-3-7-18(28)8-4-16/h1-10H,11-14H2,(H,33,37)(H,34,38)(H,29,31,35)(H,30,32,36). The molecule has 0 spiro atoms. The van der Waals surface area contributed by atoms with Gasteiger partial charge in [0, 0.05) is 31.9 Å². The number of hydrogen-bond acceptors (Lipinski definition) is 12. The molecule has 2 aromatic carbocycles. The molecule has 242 valence electrons. The minimum absolute atomic E-state index is 0.131. The zero-order chi connectivity index (χ0) is 33.5. The van der Waals surface area contributed by atoms with Gasteiger partial charge in [0.15, 0.2) is 29.9 Å². The van der Waals surface area contributed by atoms with Gasteiger partial charge in [-0.2, -0.15) is 0 Å². The highest BCUT2D eigenvalue weighted by molar-refractivity contribution is 7.93. The Bertz CT molecular complexity index is 1840. The van der Waals surface area contributed by atoms with Gasteiger partial charge in [0.1, 0.15) is 23.0 Å². The molecule has 2 aromatic heterocycles. The van der Waals surface area contributed by atoms with Crippen LogP contribution in [0.15, 0.2) is 59.3 Å². The van der Waals surface area contributed by atoms with Crippen LogP contribution in [0.2, 0.25) is 10.0 Å². The summed E-state index contributed by atoms with van der Waals surface area (Å²) in [6, 6.07) is 13.5. The van der Waals surface area contributed by atoms with Crippen molar-refractivity contribution in [1.82, 2.24) is 20.8 Å². The number of carbonyl (C=O) groups excluding carboxylic acids is 4. The number of aromatic nitrogens is 2. The van der Waals surface area contributed by atoms with E-state index in [1.165, 1.54) is 0 Å². The number of anilines is 2. The maximum Gasteiger partial charge on any atom is 0.253 e. The SMILES string of the molecule is O=C(CS(=O)(=O)CC(=O)Nc1nc(-c2ccc(Cl)cc2)cs1)NNC(=O)CS(=O)(=O)CC(=O)Nc1nc(-c2ccc(Cl)cc2)cs1. The monoisotopic (exact) mass is 744 g/mol. The fourth-order valence-corrected chi connectivity index (χ4v) is 7.41. The summed E-state index contributed by atoms with van der Waals surface area (Å²) in [6.07, 6.45) is 0. The number of carbonyl (C=O) groups is 4. The van der Waals surface area contributed by atoms with Crippen LogP contribution in [0.3, 0.4) is 0 Å². The van der Waals surface area contributed by atoms with Gasteiger partial charge >= 0.3 is 0 Å². The molecule has 0 radical (unpaired) electrons. The van der Waals surface area contributed by atoms with Crippen molar-refractivity contribution in [3.63, 3.8) is 0 Å². The number of halogens is 2. The first kappa shape index (κ1) is 34.9. The van der Waals surface area contributed by atoms with Crippen LogP contribution < -0.4 is 21.5 Å². The third-order valence-electron chi connectivity index (χ3n) is 5.53. The number of nitrogens with zero attached hydrogens (tertiary/aromatic N) is 2. The first-order valence-corrected chi connectivity index (χ1v) is 18.8. The lowest BCUT2D eigenvalue weighted by molar-refractivity contribution is -0.126. The molecule has 2 heterocycles. The van der Waals surface area contributed by atoms with Gasteiger partial charge in [-0.15, -0.1) is 22.7 Å². The maximum atomic E-state index is 12.3. The van der Waals surface area contributed by atoms with Crippen molar-refractivity contribution in [2.24, 2.45) is 0 Å². The van der Waals surface area contributed by atoms with Crippen LogP contribution in [-0.2, 0) is 38.9 Å². The summed E-state index contributed by atoms with van der Waals surface area (Å²) in [6.45, 7) is 0. The van der Waals surface area contributed by atoms with Crippen molar-refractivity contribution in [3.05, 3.63) is 69.3 Å². The van der Waals surface area contributed by atoms with Crippen LogP contribution in [0.5, 0.6) is 0 Å². The summed E-state index contributed by atoms with van der Waals surface area (Å²) in [5.41, 5.74) is 6.06. The Morgan fingerprint density at radius 2 is 0.891 bits per heavy atom. The molecule has 4 rings (SSSR count). The summed E-state index contributed by atoms with van der Waals surface area (Å²) in [4.78, 5) is 57.1. The van der Waals surface area contributed by atoms with E-state index in [4.69, 9.17) is 23.2 Å². The molecule has 14 nitrogen and oxygen atoms in total. The molecule has 0 atom stereocenters. The molecule has 0 aliphatic heterocycles. The van der Waals surface area contributed by atoms with Gasteiger partial charge < -0.3 is 10.6 Å². The van der Waals surface area contributed by atoms with Crippen LogP contribution in [0.4, 0.5) is 10.3 Å². The van der Waals surface area contributed by atoms with Gasteiger partial charge in [-0.3, -0.25) is 30.0 Å². The van der Waals surface area contributed by atoms with Gasteiger partial charge in [0.25, 0.3) is 11.8 Å². The van der Waals surface area contributed by atoms with Gasteiger partial charge in [-0.1, -0.05) is 47.5 Å². The molecule has 0 bridgehead atoms. The van der Waals surface area contributed by atoms with Crippen molar-refractivity contribution >= 4 is 99.4 Å². The summed E-state index contributed by atoms with van der Waals surface area (Å²) < 4.78 is 49.3. The van der Waals surface area contributed by atoms with Gasteiger partial charge in [0.2, 0.25) is 11.8 Å². The van der Waals surface area contributed by atoms with E-state index in [9.17, 15) is 36.0 Å².